The van der Waals surface area contributed by atoms with Gasteiger partial charge >= 0.3 is 5.97 Å². The number of carboxylic acids is 1. The van der Waals surface area contributed by atoms with Gasteiger partial charge in [0.2, 0.25) is 0 Å². The lowest BCUT2D eigenvalue weighted by Crippen LogP contribution is -2.17. The zero-order chi connectivity index (χ0) is 14.7. The van der Waals surface area contributed by atoms with Crippen molar-refractivity contribution in [2.24, 2.45) is 4.99 Å². The smallest absolute Gasteiger partial charge is 0.329 e. The lowest BCUT2D eigenvalue weighted by molar-refractivity contribution is -0.137. The van der Waals surface area contributed by atoms with E-state index in [0.717, 1.165) is 20.3 Å². The number of rotatable bonds is 2. The summed E-state index contributed by atoms with van der Waals surface area (Å²) in [4.78, 5) is 19.6. The molecule has 7 heteroatoms. The van der Waals surface area contributed by atoms with Crippen molar-refractivity contribution < 1.29 is 14.3 Å². The number of aromatic nitrogens is 1. The Kier molecular flexibility index (Phi) is 4.72. The summed E-state index contributed by atoms with van der Waals surface area (Å²) in [6.07, 6.45) is 0. The largest absolute Gasteiger partial charge is 0.480 e. The van der Waals surface area contributed by atoms with E-state index in [-0.39, 0.29) is 0 Å². The number of aliphatic carboxylic acids is 1. The highest BCUT2D eigenvalue weighted by Crippen LogP contribution is 2.30. The maximum atomic E-state index is 10.9. The maximum Gasteiger partial charge on any atom is 0.329 e. The van der Waals surface area contributed by atoms with Crippen LogP contribution in [0.2, 0.25) is 0 Å². The first-order chi connectivity index (χ1) is 9.63. The second-order valence-electron chi connectivity index (χ2n) is 4.09. The lowest BCUT2D eigenvalue weighted by atomic mass is 10.2. The number of thioether (sulfide) groups is 1. The van der Waals surface area contributed by atoms with Crippen molar-refractivity contribution in [3.63, 3.8) is 0 Å². The summed E-state index contributed by atoms with van der Waals surface area (Å²) in [5.41, 5.74) is 2.14. The van der Waals surface area contributed by atoms with Crippen LogP contribution < -0.4 is 0 Å². The number of alkyl halides is 1. The molecule has 0 bridgehead atoms. The molecule has 1 aliphatic rings. The Morgan fingerprint density at radius 1 is 1.45 bits per heavy atom. The first-order valence-corrected chi connectivity index (χ1v) is 7.62. The highest BCUT2D eigenvalue weighted by atomic mass is 32.2. The van der Waals surface area contributed by atoms with Crippen LogP contribution in [0.5, 0.6) is 0 Å². The SMILES string of the molecule is CF.Cc1ccc2nc(C3=N[C@@H](C(=O)O)CS3)sc2c1. The van der Waals surface area contributed by atoms with Crippen LogP contribution in [0.15, 0.2) is 23.2 Å². The minimum Gasteiger partial charge on any atom is -0.480 e. The Morgan fingerprint density at radius 2 is 2.20 bits per heavy atom. The third-order valence-electron chi connectivity index (χ3n) is 2.66. The van der Waals surface area contributed by atoms with E-state index in [4.69, 9.17) is 5.11 Å². The summed E-state index contributed by atoms with van der Waals surface area (Å²) in [7, 11) is 0.500. The molecule has 1 aliphatic heterocycles. The van der Waals surface area contributed by atoms with Crippen LogP contribution in [0, 0.1) is 6.92 Å². The Morgan fingerprint density at radius 3 is 2.85 bits per heavy atom. The summed E-state index contributed by atoms with van der Waals surface area (Å²) in [5.74, 6) is -0.367. The Bertz CT molecular complexity index is 669. The predicted octanol–water partition coefficient (Wildman–Crippen LogP) is 3.14. The number of carbonyl (C=O) groups is 1. The predicted molar refractivity (Wildman–Crippen MR) is 81.8 cm³/mol. The average molecular weight is 312 g/mol. The second-order valence-corrected chi connectivity index (χ2v) is 6.13. The molecule has 3 rings (SSSR count). The van der Waals surface area contributed by atoms with E-state index < -0.39 is 12.0 Å². The van der Waals surface area contributed by atoms with Crippen molar-refractivity contribution in [3.05, 3.63) is 28.8 Å². The van der Waals surface area contributed by atoms with Crippen molar-refractivity contribution in [1.82, 2.24) is 4.98 Å². The minimum atomic E-state index is -0.866. The molecule has 4 nitrogen and oxygen atoms in total. The van der Waals surface area contributed by atoms with Gasteiger partial charge in [0.05, 0.1) is 17.4 Å². The zero-order valence-corrected chi connectivity index (χ0v) is 12.6. The summed E-state index contributed by atoms with van der Waals surface area (Å²) < 4.78 is 10.6. The lowest BCUT2D eigenvalue weighted by Gasteiger charge is -1.93. The zero-order valence-electron chi connectivity index (χ0n) is 11.0. The molecule has 2 aromatic rings. The van der Waals surface area contributed by atoms with Gasteiger partial charge in [-0.15, -0.1) is 23.1 Å². The van der Waals surface area contributed by atoms with Crippen LogP contribution in [0.4, 0.5) is 4.39 Å². The molecule has 0 radical (unpaired) electrons. The van der Waals surface area contributed by atoms with E-state index in [2.05, 4.69) is 16.0 Å². The molecular weight excluding hydrogens is 299 g/mol. The van der Waals surface area contributed by atoms with Gasteiger partial charge < -0.3 is 5.11 Å². The summed E-state index contributed by atoms with van der Waals surface area (Å²) >= 11 is 3.04. The first kappa shape index (κ1) is 14.9. The molecule has 1 N–H and O–H groups in total. The van der Waals surface area contributed by atoms with E-state index in [1.807, 2.05) is 19.1 Å². The van der Waals surface area contributed by atoms with Gasteiger partial charge in [-0.1, -0.05) is 6.07 Å². The summed E-state index contributed by atoms with van der Waals surface area (Å²) in [6.45, 7) is 2.04. The molecule has 0 saturated heterocycles. The number of nitrogens with zero attached hydrogens (tertiary/aromatic N) is 2. The number of carboxylic acid groups (broad SMARTS) is 1. The van der Waals surface area contributed by atoms with Gasteiger partial charge in [0, 0.05) is 5.75 Å². The van der Waals surface area contributed by atoms with E-state index in [9.17, 15) is 9.18 Å². The summed E-state index contributed by atoms with van der Waals surface area (Å²) in [6, 6.07) is 5.47. The van der Waals surface area contributed by atoms with Gasteiger partial charge in [-0.2, -0.15) is 0 Å². The van der Waals surface area contributed by atoms with E-state index in [1.165, 1.54) is 17.3 Å². The van der Waals surface area contributed by atoms with Crippen LogP contribution in [-0.4, -0.2) is 40.1 Å². The number of hydrogen-bond donors (Lipinski definition) is 1. The van der Waals surface area contributed by atoms with E-state index in [1.54, 1.807) is 11.3 Å². The Balaban J connectivity index is 0.000000704. The molecule has 0 unspecified atom stereocenters. The van der Waals surface area contributed by atoms with E-state index in [0.29, 0.717) is 12.9 Å². The average Bonchev–Trinajstić information content (AvgIpc) is 3.06. The second kappa shape index (κ2) is 6.32. The highest BCUT2D eigenvalue weighted by Gasteiger charge is 2.26. The third kappa shape index (κ3) is 2.99. The molecule has 2 heterocycles. The first-order valence-electron chi connectivity index (χ1n) is 5.82. The number of hydrogen-bond acceptors (Lipinski definition) is 5. The third-order valence-corrected chi connectivity index (χ3v) is 4.87. The van der Waals surface area contributed by atoms with Crippen LogP contribution in [0.1, 0.15) is 10.6 Å². The fraction of sp³-hybridized carbons (Fsp3) is 0.308. The van der Waals surface area contributed by atoms with Gasteiger partial charge in [-0.3, -0.25) is 9.38 Å². The van der Waals surface area contributed by atoms with E-state index >= 15 is 0 Å². The van der Waals surface area contributed by atoms with Crippen molar-refractivity contribution in [2.45, 2.75) is 13.0 Å². The number of fused-ring (bicyclic) bond motifs is 1. The molecule has 0 saturated carbocycles. The van der Waals surface area contributed by atoms with Gasteiger partial charge in [-0.05, 0) is 24.6 Å². The molecule has 1 aromatic heterocycles. The molecule has 0 spiro atoms. The highest BCUT2D eigenvalue weighted by molar-refractivity contribution is 8.15. The Hall–Kier alpha value is -1.47. The van der Waals surface area contributed by atoms with Gasteiger partial charge in [0.15, 0.2) is 6.04 Å². The van der Waals surface area contributed by atoms with Crippen LogP contribution >= 0.6 is 23.1 Å². The molecular formula is C13H13FN2O2S2. The molecule has 1 atom stereocenters. The minimum absolute atomic E-state index is 0.500. The van der Waals surface area contributed by atoms with Crippen molar-refractivity contribution in [3.8, 4) is 0 Å². The standard InChI is InChI=1S/C12H10N2O2S2.CH3F/c1-6-2-3-7-9(4-6)18-11(13-7)10-14-8(5-17-10)12(15)16;1-2/h2-4,8H,5H2,1H3,(H,15,16);1H3/t8-;/m1./s1. The van der Waals surface area contributed by atoms with Gasteiger partial charge in [0.25, 0.3) is 0 Å². The van der Waals surface area contributed by atoms with Crippen LogP contribution in [-0.2, 0) is 4.79 Å². The number of benzene rings is 1. The topological polar surface area (TPSA) is 62.5 Å². The molecule has 0 aliphatic carbocycles. The monoisotopic (exact) mass is 312 g/mol. The molecule has 106 valence electrons. The quantitative estimate of drug-likeness (QED) is 0.925. The van der Waals surface area contributed by atoms with Crippen LogP contribution in [0.25, 0.3) is 10.2 Å². The van der Waals surface area contributed by atoms with Crippen molar-refractivity contribution in [2.75, 3.05) is 12.9 Å². The van der Waals surface area contributed by atoms with Crippen molar-refractivity contribution in [1.29, 1.82) is 0 Å². The molecule has 0 fully saturated rings. The normalized spacial score (nSPS) is 17.6. The van der Waals surface area contributed by atoms with Gasteiger partial charge in [0.1, 0.15) is 10.1 Å². The number of halogens is 1. The summed E-state index contributed by atoms with van der Waals surface area (Å²) in [5, 5.41) is 10.5. The Labute approximate surface area is 123 Å². The maximum absolute atomic E-state index is 10.9. The fourth-order valence-electron chi connectivity index (χ4n) is 1.74. The molecule has 1 aromatic carbocycles. The molecule has 0 amide bonds. The van der Waals surface area contributed by atoms with Gasteiger partial charge in [-0.25, -0.2) is 9.78 Å². The number of aryl methyl sites for hydroxylation is 1. The number of aliphatic imine (C=N–C) groups is 1. The fourth-order valence-corrected chi connectivity index (χ4v) is 3.90. The van der Waals surface area contributed by atoms with Crippen molar-refractivity contribution >= 4 is 44.3 Å². The molecule has 20 heavy (non-hydrogen) atoms. The number of thiazole rings is 1. The van der Waals surface area contributed by atoms with Crippen LogP contribution in [0.3, 0.4) is 0 Å².